The van der Waals surface area contributed by atoms with Gasteiger partial charge in [0.25, 0.3) is 0 Å². The highest BCUT2D eigenvalue weighted by molar-refractivity contribution is 5.78. The predicted octanol–water partition coefficient (Wildman–Crippen LogP) is 0.803. The zero-order valence-corrected chi connectivity index (χ0v) is 12.3. The van der Waals surface area contributed by atoms with Crippen molar-refractivity contribution in [1.29, 1.82) is 0 Å². The highest BCUT2D eigenvalue weighted by Crippen LogP contribution is 2.11. The van der Waals surface area contributed by atoms with E-state index in [4.69, 9.17) is 10.5 Å². The van der Waals surface area contributed by atoms with E-state index in [9.17, 15) is 9.59 Å². The third-order valence-electron chi connectivity index (χ3n) is 2.84. The summed E-state index contributed by atoms with van der Waals surface area (Å²) in [5.41, 5.74) is 5.46. The Morgan fingerprint density at radius 2 is 2.16 bits per heavy atom. The molecule has 0 spiro atoms. The second kappa shape index (κ2) is 6.23. The molecule has 19 heavy (non-hydrogen) atoms. The van der Waals surface area contributed by atoms with Gasteiger partial charge in [0.15, 0.2) is 0 Å². The van der Waals surface area contributed by atoms with Crippen molar-refractivity contribution in [2.24, 2.45) is 5.73 Å². The number of likely N-dealkylation sites (tertiary alicyclic amines) is 1. The van der Waals surface area contributed by atoms with E-state index in [1.807, 2.05) is 20.8 Å². The highest BCUT2D eigenvalue weighted by Gasteiger charge is 2.24. The van der Waals surface area contributed by atoms with Crippen LogP contribution in [-0.2, 0) is 9.53 Å². The lowest BCUT2D eigenvalue weighted by atomic mass is 10.2. The van der Waals surface area contributed by atoms with Gasteiger partial charge in [0, 0.05) is 39.1 Å². The lowest BCUT2D eigenvalue weighted by molar-refractivity contribution is -0.127. The van der Waals surface area contributed by atoms with Crippen LogP contribution in [0.5, 0.6) is 0 Å². The number of carbonyl (C=O) groups is 2. The van der Waals surface area contributed by atoms with Gasteiger partial charge in [0.2, 0.25) is 5.91 Å². The lowest BCUT2D eigenvalue weighted by Crippen LogP contribution is -2.47. The standard InChI is InChI=1S/C13H25N3O3/c1-13(2,3)19-12(18)15(4)8-10(14)9-16-7-5-6-11(16)17/h10H,5-9,14H2,1-4H3/t10-/m0/s1. The van der Waals surface area contributed by atoms with E-state index < -0.39 is 11.7 Å². The average molecular weight is 271 g/mol. The molecule has 1 aliphatic rings. The van der Waals surface area contributed by atoms with Gasteiger partial charge >= 0.3 is 6.09 Å². The van der Waals surface area contributed by atoms with Crippen LogP contribution in [0, 0.1) is 0 Å². The SMILES string of the molecule is CN(C[C@H](N)CN1CCCC1=O)C(=O)OC(C)(C)C. The van der Waals surface area contributed by atoms with Crippen molar-refractivity contribution in [3.05, 3.63) is 0 Å². The molecule has 2 amide bonds. The lowest BCUT2D eigenvalue weighted by Gasteiger charge is -2.28. The van der Waals surface area contributed by atoms with E-state index in [1.54, 1.807) is 11.9 Å². The molecule has 1 saturated heterocycles. The fourth-order valence-corrected chi connectivity index (χ4v) is 2.00. The molecular formula is C13H25N3O3. The number of carbonyl (C=O) groups excluding carboxylic acids is 2. The summed E-state index contributed by atoms with van der Waals surface area (Å²) in [4.78, 5) is 26.5. The van der Waals surface area contributed by atoms with Crippen LogP contribution in [0.25, 0.3) is 0 Å². The van der Waals surface area contributed by atoms with Crippen molar-refractivity contribution in [2.75, 3.05) is 26.7 Å². The first-order valence-corrected chi connectivity index (χ1v) is 6.66. The van der Waals surface area contributed by atoms with Gasteiger partial charge in [-0.25, -0.2) is 4.79 Å². The van der Waals surface area contributed by atoms with Crippen molar-refractivity contribution in [3.63, 3.8) is 0 Å². The zero-order chi connectivity index (χ0) is 14.6. The van der Waals surface area contributed by atoms with Crippen molar-refractivity contribution >= 4 is 12.0 Å². The normalized spacial score (nSPS) is 17.5. The smallest absolute Gasteiger partial charge is 0.410 e. The number of hydrogen-bond donors (Lipinski definition) is 1. The molecule has 0 aromatic heterocycles. The molecule has 0 unspecified atom stereocenters. The van der Waals surface area contributed by atoms with Crippen LogP contribution in [-0.4, -0.2) is 60.1 Å². The van der Waals surface area contributed by atoms with E-state index in [2.05, 4.69) is 0 Å². The third kappa shape index (κ3) is 5.46. The summed E-state index contributed by atoms with van der Waals surface area (Å²) in [5.74, 6) is 0.148. The Kier molecular flexibility index (Phi) is 5.17. The van der Waals surface area contributed by atoms with Gasteiger partial charge in [-0.1, -0.05) is 0 Å². The molecule has 1 atom stereocenters. The minimum absolute atomic E-state index is 0.148. The number of nitrogens with two attached hydrogens (primary N) is 1. The summed E-state index contributed by atoms with van der Waals surface area (Å²) >= 11 is 0. The summed E-state index contributed by atoms with van der Waals surface area (Å²) in [6, 6.07) is -0.250. The Balaban J connectivity index is 2.36. The van der Waals surface area contributed by atoms with E-state index in [-0.39, 0.29) is 11.9 Å². The van der Waals surface area contributed by atoms with Gasteiger partial charge in [0.1, 0.15) is 5.60 Å². The van der Waals surface area contributed by atoms with E-state index in [0.717, 1.165) is 13.0 Å². The first-order valence-electron chi connectivity index (χ1n) is 6.66. The van der Waals surface area contributed by atoms with Crippen LogP contribution >= 0.6 is 0 Å². The zero-order valence-electron chi connectivity index (χ0n) is 12.3. The second-order valence-corrected chi connectivity index (χ2v) is 6.06. The maximum Gasteiger partial charge on any atom is 0.410 e. The Morgan fingerprint density at radius 1 is 1.53 bits per heavy atom. The molecule has 1 aliphatic heterocycles. The molecule has 0 aliphatic carbocycles. The van der Waals surface area contributed by atoms with Crippen LogP contribution in [0.3, 0.4) is 0 Å². The van der Waals surface area contributed by atoms with Crippen molar-refractivity contribution in [2.45, 2.75) is 45.3 Å². The molecule has 0 bridgehead atoms. The fourth-order valence-electron chi connectivity index (χ4n) is 2.00. The van der Waals surface area contributed by atoms with Crippen LogP contribution in [0.15, 0.2) is 0 Å². The van der Waals surface area contributed by atoms with Crippen LogP contribution in [0.1, 0.15) is 33.6 Å². The van der Waals surface area contributed by atoms with E-state index in [0.29, 0.717) is 19.5 Å². The molecule has 2 N–H and O–H groups in total. The largest absolute Gasteiger partial charge is 0.444 e. The number of nitrogens with zero attached hydrogens (tertiary/aromatic N) is 2. The average Bonchev–Trinajstić information content (AvgIpc) is 2.61. The number of amides is 2. The molecule has 6 heteroatoms. The Morgan fingerprint density at radius 3 is 2.63 bits per heavy atom. The summed E-state index contributed by atoms with van der Waals surface area (Å²) in [6.07, 6.45) is 1.11. The van der Waals surface area contributed by atoms with Crippen molar-refractivity contribution in [1.82, 2.24) is 9.80 Å². The molecule has 0 radical (unpaired) electrons. The van der Waals surface area contributed by atoms with Gasteiger partial charge in [-0.05, 0) is 27.2 Å². The van der Waals surface area contributed by atoms with Crippen LogP contribution < -0.4 is 5.73 Å². The molecular weight excluding hydrogens is 246 g/mol. The Hall–Kier alpha value is -1.30. The first-order chi connectivity index (χ1) is 8.69. The minimum atomic E-state index is -0.514. The predicted molar refractivity (Wildman–Crippen MR) is 72.7 cm³/mol. The molecule has 0 saturated carbocycles. The highest BCUT2D eigenvalue weighted by atomic mass is 16.6. The van der Waals surface area contributed by atoms with Crippen LogP contribution in [0.2, 0.25) is 0 Å². The molecule has 1 fully saturated rings. The van der Waals surface area contributed by atoms with Crippen molar-refractivity contribution < 1.29 is 14.3 Å². The third-order valence-corrected chi connectivity index (χ3v) is 2.84. The van der Waals surface area contributed by atoms with Gasteiger partial charge in [-0.2, -0.15) is 0 Å². The maximum atomic E-state index is 11.8. The van der Waals surface area contributed by atoms with Gasteiger partial charge < -0.3 is 20.3 Å². The Bertz CT molecular complexity index is 339. The number of hydrogen-bond acceptors (Lipinski definition) is 4. The molecule has 1 rings (SSSR count). The van der Waals surface area contributed by atoms with Crippen LogP contribution in [0.4, 0.5) is 4.79 Å². The fraction of sp³-hybridized carbons (Fsp3) is 0.846. The first kappa shape index (κ1) is 15.8. The summed E-state index contributed by atoms with van der Waals surface area (Å²) < 4.78 is 5.24. The second-order valence-electron chi connectivity index (χ2n) is 6.06. The van der Waals surface area contributed by atoms with Crippen molar-refractivity contribution in [3.8, 4) is 0 Å². The summed E-state index contributed by atoms with van der Waals surface area (Å²) in [5, 5.41) is 0. The number of ether oxygens (including phenoxy) is 1. The molecule has 110 valence electrons. The summed E-state index contributed by atoms with van der Waals surface area (Å²) in [6.45, 7) is 7.10. The maximum absolute atomic E-state index is 11.8. The van der Waals surface area contributed by atoms with Gasteiger partial charge in [0.05, 0.1) is 0 Å². The quantitative estimate of drug-likeness (QED) is 0.820. The molecule has 0 aromatic rings. The van der Waals surface area contributed by atoms with E-state index in [1.165, 1.54) is 4.90 Å². The molecule has 0 aromatic carbocycles. The number of rotatable bonds is 4. The van der Waals surface area contributed by atoms with Gasteiger partial charge in [-0.15, -0.1) is 0 Å². The number of likely N-dealkylation sites (N-methyl/N-ethyl adjacent to an activating group) is 1. The molecule has 1 heterocycles. The monoisotopic (exact) mass is 271 g/mol. The molecule has 6 nitrogen and oxygen atoms in total. The summed E-state index contributed by atoms with van der Waals surface area (Å²) in [7, 11) is 1.65. The topological polar surface area (TPSA) is 75.9 Å². The van der Waals surface area contributed by atoms with E-state index >= 15 is 0 Å². The Labute approximate surface area is 114 Å². The van der Waals surface area contributed by atoms with Gasteiger partial charge in [-0.3, -0.25) is 4.79 Å². The minimum Gasteiger partial charge on any atom is -0.444 e.